The first-order valence-corrected chi connectivity index (χ1v) is 7.85. The van der Waals surface area contributed by atoms with Crippen LogP contribution in [0.5, 0.6) is 5.75 Å². The van der Waals surface area contributed by atoms with Gasteiger partial charge in [0.05, 0.1) is 17.9 Å². The molecule has 0 spiro atoms. The molecule has 1 amide bonds. The van der Waals surface area contributed by atoms with E-state index in [0.717, 1.165) is 5.56 Å². The topological polar surface area (TPSA) is 95.1 Å². The van der Waals surface area contributed by atoms with Crippen molar-refractivity contribution in [1.82, 2.24) is 20.2 Å². The highest BCUT2D eigenvalue weighted by Crippen LogP contribution is 2.30. The predicted octanol–water partition coefficient (Wildman–Crippen LogP) is 1.45. The number of para-hydroxylation sites is 1. The smallest absolute Gasteiger partial charge is 0.233 e. The van der Waals surface area contributed by atoms with Crippen molar-refractivity contribution < 1.29 is 9.53 Å². The molecule has 0 aliphatic heterocycles. The van der Waals surface area contributed by atoms with Gasteiger partial charge in [-0.1, -0.05) is 30.0 Å². The van der Waals surface area contributed by atoms with Gasteiger partial charge in [-0.05, 0) is 19.1 Å². The van der Waals surface area contributed by atoms with Crippen molar-refractivity contribution in [1.29, 1.82) is 0 Å². The Morgan fingerprint density at radius 1 is 1.52 bits per heavy atom. The Morgan fingerprint density at radius 2 is 2.26 bits per heavy atom. The zero-order valence-electron chi connectivity index (χ0n) is 13.0. The summed E-state index contributed by atoms with van der Waals surface area (Å²) in [6.07, 6.45) is 1.63. The number of nitrogens with zero attached hydrogens (tertiary/aromatic N) is 3. The fourth-order valence-corrected chi connectivity index (χ4v) is 2.69. The largest absolute Gasteiger partial charge is 0.496 e. The van der Waals surface area contributed by atoms with Crippen LogP contribution in [-0.4, -0.2) is 39.7 Å². The highest BCUT2D eigenvalue weighted by atomic mass is 32.2. The molecule has 1 atom stereocenters. The molecule has 2 aromatic rings. The standard InChI is InChI=1S/C15H19N5O2S/c1-4-9-17-14(21)10(2)23-15-19-18-13(20(15)16)11-7-5-6-8-12(11)22-3/h4-8,10H,1,9,16H2,2-3H3,(H,17,21). The molecule has 1 aromatic carbocycles. The van der Waals surface area contributed by atoms with Gasteiger partial charge in [-0.2, -0.15) is 0 Å². The predicted molar refractivity (Wildman–Crippen MR) is 90.7 cm³/mol. The number of carbonyl (C=O) groups excluding carboxylic acids is 1. The van der Waals surface area contributed by atoms with E-state index in [4.69, 9.17) is 10.6 Å². The molecule has 8 heteroatoms. The SMILES string of the molecule is C=CCNC(=O)C(C)Sc1nnc(-c2ccccc2OC)n1N. The van der Waals surface area contributed by atoms with Crippen molar-refractivity contribution in [2.45, 2.75) is 17.3 Å². The molecule has 0 saturated heterocycles. The number of amides is 1. The number of methoxy groups -OCH3 is 1. The van der Waals surface area contributed by atoms with E-state index in [-0.39, 0.29) is 11.2 Å². The molecule has 0 fully saturated rings. The first-order valence-electron chi connectivity index (χ1n) is 6.97. The van der Waals surface area contributed by atoms with Gasteiger partial charge < -0.3 is 15.9 Å². The monoisotopic (exact) mass is 333 g/mol. The maximum absolute atomic E-state index is 11.9. The van der Waals surface area contributed by atoms with Crippen molar-refractivity contribution in [2.75, 3.05) is 19.5 Å². The summed E-state index contributed by atoms with van der Waals surface area (Å²) in [4.78, 5) is 11.9. The number of benzene rings is 1. The number of nitrogens with two attached hydrogens (primary N) is 1. The Morgan fingerprint density at radius 3 is 2.96 bits per heavy atom. The second-order valence-corrected chi connectivity index (χ2v) is 5.98. The van der Waals surface area contributed by atoms with Crippen LogP contribution in [0.25, 0.3) is 11.4 Å². The molecule has 1 aromatic heterocycles. The second kappa shape index (κ2) is 7.68. The van der Waals surface area contributed by atoms with Crippen molar-refractivity contribution in [3.63, 3.8) is 0 Å². The van der Waals surface area contributed by atoms with E-state index in [2.05, 4.69) is 22.1 Å². The first-order chi connectivity index (χ1) is 11.1. The lowest BCUT2D eigenvalue weighted by Gasteiger charge is -2.11. The van der Waals surface area contributed by atoms with Gasteiger partial charge in [-0.25, -0.2) is 4.68 Å². The van der Waals surface area contributed by atoms with Gasteiger partial charge in [-0.3, -0.25) is 4.79 Å². The maximum Gasteiger partial charge on any atom is 0.233 e. The third-order valence-electron chi connectivity index (χ3n) is 3.08. The van der Waals surface area contributed by atoms with Crippen molar-refractivity contribution >= 4 is 17.7 Å². The van der Waals surface area contributed by atoms with Crippen molar-refractivity contribution in [3.05, 3.63) is 36.9 Å². The van der Waals surface area contributed by atoms with Crippen molar-refractivity contribution in [2.24, 2.45) is 0 Å². The fraction of sp³-hybridized carbons (Fsp3) is 0.267. The summed E-state index contributed by atoms with van der Waals surface area (Å²) in [5.41, 5.74) is 0.737. The minimum absolute atomic E-state index is 0.114. The summed E-state index contributed by atoms with van der Waals surface area (Å²) in [5.74, 6) is 7.09. The number of ether oxygens (including phenoxy) is 1. The summed E-state index contributed by atoms with van der Waals surface area (Å²) in [7, 11) is 1.58. The molecule has 1 unspecified atom stereocenters. The molecular formula is C15H19N5O2S. The number of aromatic nitrogens is 3. The van der Waals surface area contributed by atoms with Crippen molar-refractivity contribution in [3.8, 4) is 17.1 Å². The van der Waals surface area contributed by atoms with Gasteiger partial charge in [-0.15, -0.1) is 16.8 Å². The zero-order chi connectivity index (χ0) is 16.8. The minimum atomic E-state index is -0.355. The van der Waals surface area contributed by atoms with Crippen LogP contribution < -0.4 is 15.9 Å². The number of nitrogens with one attached hydrogen (secondary N) is 1. The van der Waals surface area contributed by atoms with E-state index in [1.54, 1.807) is 20.1 Å². The summed E-state index contributed by atoms with van der Waals surface area (Å²) >= 11 is 1.23. The van der Waals surface area contributed by atoms with Crippen LogP contribution in [0.1, 0.15) is 6.92 Å². The fourth-order valence-electron chi connectivity index (χ4n) is 1.90. The Balaban J connectivity index is 2.19. The molecule has 2 rings (SSSR count). The zero-order valence-corrected chi connectivity index (χ0v) is 13.8. The van der Waals surface area contributed by atoms with Crippen LogP contribution in [0, 0.1) is 0 Å². The Kier molecular flexibility index (Phi) is 5.64. The molecule has 122 valence electrons. The van der Waals surface area contributed by atoms with Gasteiger partial charge in [0.1, 0.15) is 5.75 Å². The average molecular weight is 333 g/mol. The van der Waals surface area contributed by atoms with Gasteiger partial charge in [0.15, 0.2) is 5.82 Å². The summed E-state index contributed by atoms with van der Waals surface area (Å²) in [5, 5.41) is 11.0. The lowest BCUT2D eigenvalue weighted by atomic mass is 10.2. The number of thioether (sulfide) groups is 1. The summed E-state index contributed by atoms with van der Waals surface area (Å²) in [6, 6.07) is 7.40. The second-order valence-electron chi connectivity index (χ2n) is 4.67. The lowest BCUT2D eigenvalue weighted by molar-refractivity contribution is -0.120. The number of hydrogen-bond acceptors (Lipinski definition) is 6. The quantitative estimate of drug-likeness (QED) is 0.452. The normalized spacial score (nSPS) is 11.7. The molecule has 0 bridgehead atoms. The number of rotatable bonds is 7. The number of hydrogen-bond donors (Lipinski definition) is 2. The first kappa shape index (κ1) is 16.9. The molecule has 3 N–H and O–H groups in total. The van der Waals surface area contributed by atoms with Crippen LogP contribution >= 0.6 is 11.8 Å². The third kappa shape index (κ3) is 3.84. The van der Waals surface area contributed by atoms with E-state index in [9.17, 15) is 4.79 Å². The number of carbonyl (C=O) groups is 1. The maximum atomic E-state index is 11.9. The highest BCUT2D eigenvalue weighted by Gasteiger charge is 2.20. The molecule has 0 radical (unpaired) electrons. The third-order valence-corrected chi connectivity index (χ3v) is 4.14. The van der Waals surface area contributed by atoms with Crippen LogP contribution in [0.4, 0.5) is 0 Å². The van der Waals surface area contributed by atoms with Gasteiger partial charge >= 0.3 is 0 Å². The summed E-state index contributed by atoms with van der Waals surface area (Å²) in [6.45, 7) is 5.76. The van der Waals surface area contributed by atoms with Crippen LogP contribution in [0.15, 0.2) is 42.1 Å². The highest BCUT2D eigenvalue weighted by molar-refractivity contribution is 8.00. The lowest BCUT2D eigenvalue weighted by Crippen LogP contribution is -2.31. The van der Waals surface area contributed by atoms with E-state index in [1.807, 2.05) is 24.3 Å². The van der Waals surface area contributed by atoms with Crippen LogP contribution in [0.3, 0.4) is 0 Å². The van der Waals surface area contributed by atoms with E-state index in [0.29, 0.717) is 23.3 Å². The Hall–Kier alpha value is -2.48. The molecule has 0 saturated carbocycles. The minimum Gasteiger partial charge on any atom is -0.496 e. The number of nitrogen functional groups attached to an aromatic ring is 1. The van der Waals surface area contributed by atoms with Gasteiger partial charge in [0.2, 0.25) is 11.1 Å². The van der Waals surface area contributed by atoms with Gasteiger partial charge in [0.25, 0.3) is 0 Å². The Bertz CT molecular complexity index is 701. The van der Waals surface area contributed by atoms with Crippen LogP contribution in [-0.2, 0) is 4.79 Å². The molecule has 7 nitrogen and oxygen atoms in total. The Labute approximate surface area is 138 Å². The summed E-state index contributed by atoms with van der Waals surface area (Å²) < 4.78 is 6.67. The van der Waals surface area contributed by atoms with E-state index in [1.165, 1.54) is 16.4 Å². The van der Waals surface area contributed by atoms with Gasteiger partial charge in [0, 0.05) is 6.54 Å². The van der Waals surface area contributed by atoms with E-state index >= 15 is 0 Å². The van der Waals surface area contributed by atoms with E-state index < -0.39 is 0 Å². The molecular weight excluding hydrogens is 314 g/mol. The molecule has 23 heavy (non-hydrogen) atoms. The van der Waals surface area contributed by atoms with Crippen LogP contribution in [0.2, 0.25) is 0 Å². The molecule has 1 heterocycles. The molecule has 0 aliphatic carbocycles. The average Bonchev–Trinajstić information content (AvgIpc) is 2.93. The molecule has 0 aliphatic rings.